The van der Waals surface area contributed by atoms with Crippen LogP contribution in [0.25, 0.3) is 0 Å². The van der Waals surface area contributed by atoms with Crippen LogP contribution in [-0.2, 0) is 6.54 Å². The molecule has 80 valence electrons. The van der Waals surface area contributed by atoms with E-state index in [9.17, 15) is 0 Å². The summed E-state index contributed by atoms with van der Waals surface area (Å²) in [6.07, 6.45) is 0. The SMILES string of the molecule is CO.COc1ccc(CN)c(OC)c1. The van der Waals surface area contributed by atoms with E-state index in [0.717, 1.165) is 24.2 Å². The number of hydrogen-bond acceptors (Lipinski definition) is 4. The Balaban J connectivity index is 0.000000791. The van der Waals surface area contributed by atoms with Crippen LogP contribution in [0, 0.1) is 0 Å². The van der Waals surface area contributed by atoms with Gasteiger partial charge in [0.1, 0.15) is 11.5 Å². The number of nitrogens with two attached hydrogens (primary N) is 1. The van der Waals surface area contributed by atoms with Crippen LogP contribution < -0.4 is 15.2 Å². The third kappa shape index (κ3) is 3.24. The van der Waals surface area contributed by atoms with Gasteiger partial charge in [0.2, 0.25) is 0 Å². The van der Waals surface area contributed by atoms with Crippen molar-refractivity contribution in [1.29, 1.82) is 0 Å². The van der Waals surface area contributed by atoms with Crippen molar-refractivity contribution in [2.24, 2.45) is 5.73 Å². The molecular weight excluding hydrogens is 182 g/mol. The van der Waals surface area contributed by atoms with Crippen LogP contribution in [0.4, 0.5) is 0 Å². The molecule has 0 aliphatic carbocycles. The molecule has 0 saturated heterocycles. The molecule has 0 amide bonds. The van der Waals surface area contributed by atoms with Crippen molar-refractivity contribution in [3.05, 3.63) is 23.8 Å². The predicted octanol–water partition coefficient (Wildman–Crippen LogP) is 0.771. The molecule has 4 heteroatoms. The minimum Gasteiger partial charge on any atom is -0.497 e. The summed E-state index contributed by atoms with van der Waals surface area (Å²) in [6, 6.07) is 5.59. The molecule has 0 bridgehead atoms. The normalized spacial score (nSPS) is 8.64. The van der Waals surface area contributed by atoms with Crippen LogP contribution in [-0.4, -0.2) is 26.4 Å². The maximum atomic E-state index is 7.00. The van der Waals surface area contributed by atoms with Gasteiger partial charge in [-0.2, -0.15) is 0 Å². The van der Waals surface area contributed by atoms with Gasteiger partial charge >= 0.3 is 0 Å². The minimum absolute atomic E-state index is 0.479. The summed E-state index contributed by atoms with van der Waals surface area (Å²) in [6.45, 7) is 0.479. The number of hydrogen-bond donors (Lipinski definition) is 2. The van der Waals surface area contributed by atoms with Crippen LogP contribution in [0.2, 0.25) is 0 Å². The van der Waals surface area contributed by atoms with Crippen LogP contribution in [0.15, 0.2) is 18.2 Å². The standard InChI is InChI=1S/C9H13NO2.CH4O/c1-11-8-4-3-7(6-10)9(5-8)12-2;1-2/h3-5H,6,10H2,1-2H3;2H,1H3. The summed E-state index contributed by atoms with van der Waals surface area (Å²) in [7, 11) is 4.24. The van der Waals surface area contributed by atoms with Gasteiger partial charge in [-0.3, -0.25) is 0 Å². The number of aliphatic hydroxyl groups is 1. The van der Waals surface area contributed by atoms with E-state index >= 15 is 0 Å². The maximum Gasteiger partial charge on any atom is 0.127 e. The molecule has 0 unspecified atom stereocenters. The third-order valence-electron chi connectivity index (χ3n) is 1.71. The lowest BCUT2D eigenvalue weighted by molar-refractivity contribution is 0.391. The Labute approximate surface area is 84.3 Å². The van der Waals surface area contributed by atoms with E-state index in [2.05, 4.69) is 0 Å². The average molecular weight is 199 g/mol. The monoisotopic (exact) mass is 199 g/mol. The fourth-order valence-corrected chi connectivity index (χ4v) is 1.02. The Bertz CT molecular complexity index is 264. The number of ether oxygens (including phenoxy) is 2. The first kappa shape index (κ1) is 12.7. The van der Waals surface area contributed by atoms with Gasteiger partial charge in [-0.05, 0) is 6.07 Å². The van der Waals surface area contributed by atoms with Crippen molar-refractivity contribution >= 4 is 0 Å². The third-order valence-corrected chi connectivity index (χ3v) is 1.71. The molecule has 0 atom stereocenters. The highest BCUT2D eigenvalue weighted by atomic mass is 16.5. The second kappa shape index (κ2) is 7.17. The van der Waals surface area contributed by atoms with Crippen molar-refractivity contribution in [2.75, 3.05) is 21.3 Å². The van der Waals surface area contributed by atoms with Crippen LogP contribution in [0.5, 0.6) is 11.5 Å². The number of benzene rings is 1. The van der Waals surface area contributed by atoms with E-state index < -0.39 is 0 Å². The molecule has 0 aliphatic heterocycles. The van der Waals surface area contributed by atoms with E-state index in [1.165, 1.54) is 0 Å². The second-order valence-corrected chi connectivity index (χ2v) is 2.38. The van der Waals surface area contributed by atoms with Gasteiger partial charge < -0.3 is 20.3 Å². The summed E-state index contributed by atoms with van der Waals surface area (Å²) in [5.74, 6) is 1.56. The highest BCUT2D eigenvalue weighted by Crippen LogP contribution is 2.23. The molecule has 14 heavy (non-hydrogen) atoms. The van der Waals surface area contributed by atoms with Crippen LogP contribution in [0.1, 0.15) is 5.56 Å². The van der Waals surface area contributed by atoms with Crippen LogP contribution in [0.3, 0.4) is 0 Å². The summed E-state index contributed by atoms with van der Waals surface area (Å²) in [4.78, 5) is 0. The topological polar surface area (TPSA) is 64.7 Å². The summed E-state index contributed by atoms with van der Waals surface area (Å²) < 4.78 is 10.2. The molecule has 4 nitrogen and oxygen atoms in total. The fraction of sp³-hybridized carbons (Fsp3) is 0.400. The van der Waals surface area contributed by atoms with E-state index in [1.54, 1.807) is 14.2 Å². The van der Waals surface area contributed by atoms with E-state index in [4.69, 9.17) is 20.3 Å². The second-order valence-electron chi connectivity index (χ2n) is 2.38. The molecule has 3 N–H and O–H groups in total. The molecule has 1 rings (SSSR count). The number of methoxy groups -OCH3 is 2. The Morgan fingerprint density at radius 3 is 2.29 bits per heavy atom. The zero-order valence-corrected chi connectivity index (χ0v) is 8.78. The Morgan fingerprint density at radius 2 is 1.86 bits per heavy atom. The molecular formula is C10H17NO3. The Morgan fingerprint density at radius 1 is 1.21 bits per heavy atom. The molecule has 0 aromatic heterocycles. The first-order valence-electron chi connectivity index (χ1n) is 4.17. The van der Waals surface area contributed by atoms with E-state index in [-0.39, 0.29) is 0 Å². The van der Waals surface area contributed by atoms with Gasteiger partial charge in [-0.15, -0.1) is 0 Å². The molecule has 1 aromatic rings. The maximum absolute atomic E-state index is 7.00. The number of aliphatic hydroxyl groups excluding tert-OH is 1. The molecule has 0 aliphatic rings. The van der Waals surface area contributed by atoms with E-state index in [1.807, 2.05) is 18.2 Å². The molecule has 0 saturated carbocycles. The zero-order valence-electron chi connectivity index (χ0n) is 8.78. The lowest BCUT2D eigenvalue weighted by Crippen LogP contribution is -1.99. The molecule has 0 radical (unpaired) electrons. The van der Waals surface area contributed by atoms with E-state index in [0.29, 0.717) is 6.54 Å². The summed E-state index contributed by atoms with van der Waals surface area (Å²) in [5, 5.41) is 7.00. The van der Waals surface area contributed by atoms with Crippen molar-refractivity contribution in [3.63, 3.8) is 0 Å². The highest BCUT2D eigenvalue weighted by Gasteiger charge is 2.01. The summed E-state index contributed by atoms with van der Waals surface area (Å²) >= 11 is 0. The largest absolute Gasteiger partial charge is 0.497 e. The van der Waals surface area contributed by atoms with Crippen molar-refractivity contribution in [3.8, 4) is 11.5 Å². The fourth-order valence-electron chi connectivity index (χ4n) is 1.02. The molecule has 1 aromatic carbocycles. The molecule has 0 spiro atoms. The smallest absolute Gasteiger partial charge is 0.127 e. The van der Waals surface area contributed by atoms with Gasteiger partial charge in [0.15, 0.2) is 0 Å². The Kier molecular flexibility index (Phi) is 6.53. The summed E-state index contributed by atoms with van der Waals surface area (Å²) in [5.41, 5.74) is 6.48. The quantitative estimate of drug-likeness (QED) is 0.754. The molecule has 0 heterocycles. The van der Waals surface area contributed by atoms with Crippen LogP contribution >= 0.6 is 0 Å². The lowest BCUT2D eigenvalue weighted by atomic mass is 10.2. The van der Waals surface area contributed by atoms with Gasteiger partial charge in [-0.25, -0.2) is 0 Å². The first-order chi connectivity index (χ1) is 6.81. The highest BCUT2D eigenvalue weighted by molar-refractivity contribution is 5.40. The van der Waals surface area contributed by atoms with Gasteiger partial charge in [0, 0.05) is 25.3 Å². The van der Waals surface area contributed by atoms with Gasteiger partial charge in [0.25, 0.3) is 0 Å². The van der Waals surface area contributed by atoms with Gasteiger partial charge in [0.05, 0.1) is 14.2 Å². The minimum atomic E-state index is 0.479. The zero-order chi connectivity index (χ0) is 11.0. The predicted molar refractivity (Wildman–Crippen MR) is 55.6 cm³/mol. The Hall–Kier alpha value is -1.26. The lowest BCUT2D eigenvalue weighted by Gasteiger charge is -2.07. The van der Waals surface area contributed by atoms with Crippen molar-refractivity contribution < 1.29 is 14.6 Å². The van der Waals surface area contributed by atoms with Gasteiger partial charge in [-0.1, -0.05) is 6.07 Å². The first-order valence-corrected chi connectivity index (χ1v) is 4.17. The number of rotatable bonds is 3. The average Bonchev–Trinajstić information content (AvgIpc) is 2.30. The van der Waals surface area contributed by atoms with Crippen molar-refractivity contribution in [1.82, 2.24) is 0 Å². The van der Waals surface area contributed by atoms with Crippen molar-refractivity contribution in [2.45, 2.75) is 6.54 Å². The molecule has 0 fully saturated rings.